The number of carbonyl (C=O) groups is 8. The minimum absolute atomic E-state index is 0.0723. The smallest absolute Gasteiger partial charge is 0.418 e. The maximum absolute atomic E-state index is 14.6. The number of ether oxygens (including phenoxy) is 4. The first-order valence-electron chi connectivity index (χ1n) is 23.2. The number of benzene rings is 2. The van der Waals surface area contributed by atoms with Gasteiger partial charge in [-0.05, 0) is 81.5 Å². The normalized spacial score (nSPS) is 14.6. The molecule has 2 aromatic carbocycles. The minimum atomic E-state index is -1.49. The Hall–Kier alpha value is -5.64. The first-order chi connectivity index (χ1) is 31.4. The maximum atomic E-state index is 14.6. The topological polar surface area (TPSA) is 186 Å². The third-order valence-electron chi connectivity index (χ3n) is 11.2. The van der Waals surface area contributed by atoms with E-state index in [4.69, 9.17) is 18.9 Å². The Bertz CT molecular complexity index is 1920. The fourth-order valence-corrected chi connectivity index (χ4v) is 7.44. The lowest BCUT2D eigenvalue weighted by Gasteiger charge is -2.34. The number of rotatable bonds is 26. The molecule has 0 radical (unpaired) electrons. The van der Waals surface area contributed by atoms with Gasteiger partial charge in [0.15, 0.2) is 24.6 Å². The van der Waals surface area contributed by atoms with Crippen molar-refractivity contribution in [3.8, 4) is 0 Å². The molecule has 2 aromatic rings. The Kier molecular flexibility index (Phi) is 23.9. The molecule has 0 bridgehead atoms. The van der Waals surface area contributed by atoms with Gasteiger partial charge in [-0.2, -0.15) is 0 Å². The molecule has 7 unspecified atom stereocenters. The molecule has 0 fully saturated rings. The summed E-state index contributed by atoms with van der Waals surface area (Å²) in [5.41, 5.74) is 1.42. The molecule has 3 amide bonds. The number of carbonyl (C=O) groups excluding carboxylic acids is 8. The van der Waals surface area contributed by atoms with Gasteiger partial charge >= 0.3 is 30.0 Å². The monoisotopic (exact) mass is 937 g/mol. The standard InChI is InChI=1S/C51H76N4O12/c1-32(2)25-40(52(10)11)47(59)67-51(63)55(14)43(28-35(7)8)50(62)66-44(30-38-23-19-16-20-24-38)46(58)54(13)41(26-33(3)4)48(60)64-36(9)45(57)53(12)42(27-34(5)6)49(61)65-39(31-56)29-37-21-17-15-18-22-37/h15-24,31-36,39-44H,25-30H2,1-14H3. The van der Waals surface area contributed by atoms with Crippen molar-refractivity contribution >= 4 is 48.1 Å². The summed E-state index contributed by atoms with van der Waals surface area (Å²) in [7, 11) is 7.52. The van der Waals surface area contributed by atoms with Crippen LogP contribution in [0.2, 0.25) is 0 Å². The molecule has 0 N–H and O–H groups in total. The Morgan fingerprint density at radius 2 is 0.866 bits per heavy atom. The average molecular weight is 937 g/mol. The van der Waals surface area contributed by atoms with Crippen molar-refractivity contribution in [1.82, 2.24) is 19.6 Å². The van der Waals surface area contributed by atoms with Crippen LogP contribution in [0.25, 0.3) is 0 Å². The molecule has 0 aliphatic carbocycles. The summed E-state index contributed by atoms with van der Waals surface area (Å²) in [6, 6.07) is 13.5. The summed E-state index contributed by atoms with van der Waals surface area (Å²) in [6.45, 7) is 16.3. The van der Waals surface area contributed by atoms with Crippen LogP contribution in [0.1, 0.15) is 99.1 Å². The lowest BCUT2D eigenvalue weighted by molar-refractivity contribution is -0.172. The van der Waals surface area contributed by atoms with Crippen LogP contribution in [0, 0.1) is 23.7 Å². The van der Waals surface area contributed by atoms with Crippen molar-refractivity contribution in [3.05, 3.63) is 71.8 Å². The summed E-state index contributed by atoms with van der Waals surface area (Å²) < 4.78 is 22.6. The van der Waals surface area contributed by atoms with Gasteiger partial charge in [0.2, 0.25) is 0 Å². The van der Waals surface area contributed by atoms with Crippen molar-refractivity contribution in [2.75, 3.05) is 35.2 Å². The number of hydrogen-bond donors (Lipinski definition) is 0. The molecule has 16 nitrogen and oxygen atoms in total. The highest BCUT2D eigenvalue weighted by Crippen LogP contribution is 2.22. The second-order valence-electron chi connectivity index (χ2n) is 19.2. The van der Waals surface area contributed by atoms with Gasteiger partial charge in [-0.25, -0.2) is 24.0 Å². The van der Waals surface area contributed by atoms with Gasteiger partial charge in [-0.15, -0.1) is 0 Å². The van der Waals surface area contributed by atoms with E-state index in [1.54, 1.807) is 73.6 Å². The van der Waals surface area contributed by atoms with Crippen LogP contribution in [0.15, 0.2) is 60.7 Å². The van der Waals surface area contributed by atoms with E-state index in [2.05, 4.69) is 0 Å². The lowest BCUT2D eigenvalue weighted by Crippen LogP contribution is -2.53. The number of aldehydes is 1. The molecule has 0 aliphatic rings. The van der Waals surface area contributed by atoms with Gasteiger partial charge in [0.1, 0.15) is 24.2 Å². The predicted octanol–water partition coefficient (Wildman–Crippen LogP) is 6.16. The molecule has 0 saturated carbocycles. The number of nitrogens with zero attached hydrogens (tertiary/aromatic N) is 4. The molecule has 7 atom stereocenters. The van der Waals surface area contributed by atoms with Crippen LogP contribution in [-0.2, 0) is 65.4 Å². The molecule has 0 aliphatic heterocycles. The number of likely N-dealkylation sites (N-methyl/N-ethyl adjacent to an activating group) is 4. The first kappa shape index (κ1) is 57.5. The van der Waals surface area contributed by atoms with Crippen LogP contribution in [0.3, 0.4) is 0 Å². The fraction of sp³-hybridized carbons (Fsp3) is 0.608. The summed E-state index contributed by atoms with van der Waals surface area (Å²) in [6.07, 6.45) is -3.63. The van der Waals surface area contributed by atoms with Crippen LogP contribution in [-0.4, -0.2) is 145 Å². The molecule has 0 saturated heterocycles. The fourth-order valence-electron chi connectivity index (χ4n) is 7.44. The number of esters is 4. The van der Waals surface area contributed by atoms with Gasteiger partial charge in [-0.3, -0.25) is 24.2 Å². The second kappa shape index (κ2) is 27.9. The average Bonchev–Trinajstić information content (AvgIpc) is 3.26. The highest BCUT2D eigenvalue weighted by atomic mass is 16.6. The zero-order valence-electron chi connectivity index (χ0n) is 42.1. The van der Waals surface area contributed by atoms with E-state index in [1.165, 1.54) is 28.1 Å². The number of amides is 3. The highest BCUT2D eigenvalue weighted by molar-refractivity contribution is 5.93. The highest BCUT2D eigenvalue weighted by Gasteiger charge is 2.40. The summed E-state index contributed by atoms with van der Waals surface area (Å²) >= 11 is 0. The van der Waals surface area contributed by atoms with Crippen LogP contribution < -0.4 is 0 Å². The third kappa shape index (κ3) is 18.9. The molecule has 0 heterocycles. The molecule has 2 rings (SSSR count). The van der Waals surface area contributed by atoms with Crippen LogP contribution >= 0.6 is 0 Å². The minimum Gasteiger partial charge on any atom is -0.453 e. The zero-order chi connectivity index (χ0) is 50.7. The molecule has 372 valence electrons. The van der Waals surface area contributed by atoms with Crippen LogP contribution in [0.5, 0.6) is 0 Å². The van der Waals surface area contributed by atoms with Crippen molar-refractivity contribution in [1.29, 1.82) is 0 Å². The van der Waals surface area contributed by atoms with Crippen molar-refractivity contribution < 1.29 is 57.3 Å². The van der Waals surface area contributed by atoms with Crippen molar-refractivity contribution in [2.45, 2.75) is 143 Å². The van der Waals surface area contributed by atoms with E-state index >= 15 is 0 Å². The molecular weight excluding hydrogens is 861 g/mol. The van der Waals surface area contributed by atoms with Gasteiger partial charge < -0.3 is 28.7 Å². The van der Waals surface area contributed by atoms with Gasteiger partial charge in [-0.1, -0.05) is 116 Å². The van der Waals surface area contributed by atoms with Gasteiger partial charge in [0, 0.05) is 34.0 Å². The second-order valence-corrected chi connectivity index (χ2v) is 19.2. The zero-order valence-corrected chi connectivity index (χ0v) is 42.1. The van der Waals surface area contributed by atoms with E-state index in [0.29, 0.717) is 18.3 Å². The SMILES string of the molecule is CC(C)CC(C(=O)OC(=O)N(C)C(CC(C)C)C(=O)OC(Cc1ccccc1)C(=O)N(C)C(CC(C)C)C(=O)OC(C)C(=O)N(C)C(CC(C)C)C(=O)OC(C=O)Cc1ccccc1)N(C)C. The van der Waals surface area contributed by atoms with Crippen LogP contribution in [0.4, 0.5) is 4.79 Å². The van der Waals surface area contributed by atoms with Gasteiger partial charge in [0.25, 0.3) is 11.8 Å². The predicted molar refractivity (Wildman–Crippen MR) is 253 cm³/mol. The van der Waals surface area contributed by atoms with E-state index in [9.17, 15) is 38.4 Å². The summed E-state index contributed by atoms with van der Waals surface area (Å²) in [5, 5.41) is 0. The van der Waals surface area contributed by atoms with Gasteiger partial charge in [0.05, 0.1) is 0 Å². The lowest BCUT2D eigenvalue weighted by atomic mass is 10.0. The Balaban J connectivity index is 2.40. The quantitative estimate of drug-likeness (QED) is 0.0453. The summed E-state index contributed by atoms with van der Waals surface area (Å²) in [5.74, 6) is -5.09. The number of hydrogen-bond acceptors (Lipinski definition) is 13. The Morgan fingerprint density at radius 1 is 0.478 bits per heavy atom. The molecule has 16 heteroatoms. The third-order valence-corrected chi connectivity index (χ3v) is 11.2. The Morgan fingerprint density at radius 3 is 1.30 bits per heavy atom. The van der Waals surface area contributed by atoms with E-state index in [1.807, 2.05) is 61.5 Å². The van der Waals surface area contributed by atoms with E-state index in [0.717, 1.165) is 20.3 Å². The Labute approximate surface area is 398 Å². The largest absolute Gasteiger partial charge is 0.453 e. The maximum Gasteiger partial charge on any atom is 0.418 e. The molecule has 67 heavy (non-hydrogen) atoms. The van der Waals surface area contributed by atoms with E-state index < -0.39 is 84.3 Å². The molecule has 0 spiro atoms. The summed E-state index contributed by atoms with van der Waals surface area (Å²) in [4.78, 5) is 114. The van der Waals surface area contributed by atoms with E-state index in [-0.39, 0.29) is 55.8 Å². The first-order valence-corrected chi connectivity index (χ1v) is 23.2. The molecular formula is C51H76N4O12. The van der Waals surface area contributed by atoms with Crippen molar-refractivity contribution in [2.24, 2.45) is 23.7 Å². The van der Waals surface area contributed by atoms with Crippen molar-refractivity contribution in [3.63, 3.8) is 0 Å². The molecule has 0 aromatic heterocycles.